The van der Waals surface area contributed by atoms with Crippen molar-refractivity contribution in [3.63, 3.8) is 0 Å². The van der Waals surface area contributed by atoms with Gasteiger partial charge in [-0.15, -0.1) is 0 Å². The minimum atomic E-state index is -1.58. The highest BCUT2D eigenvalue weighted by Crippen LogP contribution is 2.22. The van der Waals surface area contributed by atoms with Crippen LogP contribution in [0.25, 0.3) is 0 Å². The third-order valence-electron chi connectivity index (χ3n) is 2.81. The lowest BCUT2D eigenvalue weighted by molar-refractivity contribution is -0.0352. The molecule has 4 nitrogen and oxygen atoms in total. The van der Waals surface area contributed by atoms with Gasteiger partial charge >= 0.3 is 0 Å². The predicted molar refractivity (Wildman–Crippen MR) is 89.4 cm³/mol. The SMILES string of the molecule is COCC(COCC(C)C[Si](C)(C)O[Si](C)(C)C)OC. The minimum absolute atomic E-state index is 0.0238. The number of rotatable bonds is 11. The minimum Gasteiger partial charge on any atom is -0.456 e. The maximum absolute atomic E-state index is 6.36. The molecule has 2 unspecified atom stereocenters. The summed E-state index contributed by atoms with van der Waals surface area (Å²) >= 11 is 0. The molecule has 0 rings (SSSR count). The van der Waals surface area contributed by atoms with Crippen LogP contribution in [0.5, 0.6) is 0 Å². The van der Waals surface area contributed by atoms with Gasteiger partial charge in [0.25, 0.3) is 0 Å². The summed E-state index contributed by atoms with van der Waals surface area (Å²) in [4.78, 5) is 0. The zero-order chi connectivity index (χ0) is 15.8. The molecule has 0 radical (unpaired) electrons. The molecule has 20 heavy (non-hydrogen) atoms. The molecule has 0 amide bonds. The Kier molecular flexibility index (Phi) is 9.45. The van der Waals surface area contributed by atoms with E-state index in [1.165, 1.54) is 0 Å². The van der Waals surface area contributed by atoms with Crippen LogP contribution in [0.15, 0.2) is 0 Å². The average molecular weight is 323 g/mol. The molecule has 122 valence electrons. The summed E-state index contributed by atoms with van der Waals surface area (Å²) in [7, 11) is 0.348. The van der Waals surface area contributed by atoms with Gasteiger partial charge in [0.2, 0.25) is 0 Å². The lowest BCUT2D eigenvalue weighted by atomic mass is 10.2. The molecule has 0 fully saturated rings. The third kappa shape index (κ3) is 11.0. The van der Waals surface area contributed by atoms with Crippen LogP contribution in [0, 0.1) is 5.92 Å². The second-order valence-corrected chi connectivity index (χ2v) is 16.1. The lowest BCUT2D eigenvalue weighted by Crippen LogP contribution is -2.43. The predicted octanol–water partition coefficient (Wildman–Crippen LogP) is 3.36. The summed E-state index contributed by atoms with van der Waals surface area (Å²) in [5.41, 5.74) is 0. The normalized spacial score (nSPS) is 16.2. The van der Waals surface area contributed by atoms with E-state index in [0.717, 1.165) is 12.7 Å². The standard InChI is InChI=1S/C14H34O4Si2/c1-13(9-17-11-14(16-3)10-15-2)12-20(7,8)18-19(4,5)6/h13-14H,9-12H2,1-8H3. The van der Waals surface area contributed by atoms with Crippen molar-refractivity contribution in [3.8, 4) is 0 Å². The first-order valence-electron chi connectivity index (χ1n) is 7.39. The van der Waals surface area contributed by atoms with Gasteiger partial charge in [-0.2, -0.15) is 0 Å². The number of methoxy groups -OCH3 is 2. The monoisotopic (exact) mass is 322 g/mol. The van der Waals surface area contributed by atoms with Crippen molar-refractivity contribution >= 4 is 16.6 Å². The first-order chi connectivity index (χ1) is 9.09. The Hall–Kier alpha value is 0.274. The van der Waals surface area contributed by atoms with Gasteiger partial charge in [-0.05, 0) is 44.7 Å². The van der Waals surface area contributed by atoms with Gasteiger partial charge in [0.15, 0.2) is 16.6 Å². The molecule has 6 heteroatoms. The van der Waals surface area contributed by atoms with Crippen molar-refractivity contribution < 1.29 is 18.3 Å². The van der Waals surface area contributed by atoms with E-state index in [2.05, 4.69) is 39.7 Å². The Morgan fingerprint density at radius 3 is 1.95 bits per heavy atom. The second-order valence-electron chi connectivity index (χ2n) is 7.13. The molecule has 0 bridgehead atoms. The van der Waals surface area contributed by atoms with Crippen LogP contribution in [-0.4, -0.2) is 56.8 Å². The molecular weight excluding hydrogens is 288 g/mol. The molecule has 0 spiro atoms. The number of hydrogen-bond acceptors (Lipinski definition) is 4. The molecule has 0 aromatic carbocycles. The van der Waals surface area contributed by atoms with Crippen LogP contribution >= 0.6 is 0 Å². The largest absolute Gasteiger partial charge is 0.456 e. The van der Waals surface area contributed by atoms with E-state index in [1.807, 2.05) is 0 Å². The molecule has 0 aliphatic carbocycles. The van der Waals surface area contributed by atoms with Crippen molar-refractivity contribution in [1.82, 2.24) is 0 Å². The molecule has 0 saturated carbocycles. The fraction of sp³-hybridized carbons (Fsp3) is 1.00. The third-order valence-corrected chi connectivity index (χ3v) is 9.15. The maximum Gasteiger partial charge on any atom is 0.173 e. The zero-order valence-corrected chi connectivity index (χ0v) is 16.6. The summed E-state index contributed by atoms with van der Waals surface area (Å²) in [6, 6.07) is 1.14. The molecule has 0 aliphatic heterocycles. The summed E-state index contributed by atoms with van der Waals surface area (Å²) in [5, 5.41) is 0. The Bertz CT molecular complexity index is 254. The maximum atomic E-state index is 6.36. The summed E-state index contributed by atoms with van der Waals surface area (Å²) < 4.78 is 22.5. The van der Waals surface area contributed by atoms with E-state index in [9.17, 15) is 0 Å². The van der Waals surface area contributed by atoms with Crippen molar-refractivity contribution in [2.75, 3.05) is 34.0 Å². The summed E-state index contributed by atoms with van der Waals surface area (Å²) in [5.74, 6) is 0.521. The molecule has 0 aliphatic rings. The smallest absolute Gasteiger partial charge is 0.173 e. The van der Waals surface area contributed by atoms with Crippen molar-refractivity contribution in [1.29, 1.82) is 0 Å². The molecular formula is C14H34O4Si2. The molecule has 2 atom stereocenters. The van der Waals surface area contributed by atoms with E-state index >= 15 is 0 Å². The van der Waals surface area contributed by atoms with Gasteiger partial charge in [-0.25, -0.2) is 0 Å². The van der Waals surface area contributed by atoms with Crippen LogP contribution in [0.3, 0.4) is 0 Å². The molecule has 0 aromatic heterocycles. The lowest BCUT2D eigenvalue weighted by Gasteiger charge is -2.33. The molecule has 0 saturated heterocycles. The van der Waals surface area contributed by atoms with Crippen LogP contribution in [0.4, 0.5) is 0 Å². The number of ether oxygens (including phenoxy) is 3. The fourth-order valence-corrected chi connectivity index (χ4v) is 11.3. The summed E-state index contributed by atoms with van der Waals surface area (Å²) in [6.07, 6.45) is 0.0238. The van der Waals surface area contributed by atoms with E-state index in [1.54, 1.807) is 14.2 Å². The highest BCUT2D eigenvalue weighted by Gasteiger charge is 2.31. The molecule has 0 N–H and O–H groups in total. The van der Waals surface area contributed by atoms with Gasteiger partial charge in [0.1, 0.15) is 6.10 Å². The highest BCUT2D eigenvalue weighted by molar-refractivity contribution is 6.84. The number of hydrogen-bond donors (Lipinski definition) is 0. The van der Waals surface area contributed by atoms with E-state index in [4.69, 9.17) is 18.3 Å². The van der Waals surface area contributed by atoms with Crippen LogP contribution in [-0.2, 0) is 18.3 Å². The Morgan fingerprint density at radius 2 is 1.50 bits per heavy atom. The van der Waals surface area contributed by atoms with E-state index in [0.29, 0.717) is 19.1 Å². The van der Waals surface area contributed by atoms with Crippen LogP contribution < -0.4 is 0 Å². The van der Waals surface area contributed by atoms with Gasteiger partial charge in [0, 0.05) is 20.8 Å². The topological polar surface area (TPSA) is 36.9 Å². The quantitative estimate of drug-likeness (QED) is 0.547. The first kappa shape index (κ1) is 20.3. The Balaban J connectivity index is 4.01. The van der Waals surface area contributed by atoms with Crippen molar-refractivity contribution in [2.24, 2.45) is 5.92 Å². The van der Waals surface area contributed by atoms with Crippen LogP contribution in [0.2, 0.25) is 38.8 Å². The van der Waals surface area contributed by atoms with Gasteiger partial charge in [-0.3, -0.25) is 0 Å². The van der Waals surface area contributed by atoms with Crippen molar-refractivity contribution in [3.05, 3.63) is 0 Å². The summed E-state index contributed by atoms with van der Waals surface area (Å²) in [6.45, 7) is 15.6. The van der Waals surface area contributed by atoms with Gasteiger partial charge in [-0.1, -0.05) is 6.92 Å². The van der Waals surface area contributed by atoms with E-state index in [-0.39, 0.29) is 6.10 Å². The van der Waals surface area contributed by atoms with Gasteiger partial charge in [0.05, 0.1) is 13.2 Å². The Labute approximate surface area is 127 Å². The average Bonchev–Trinajstić information content (AvgIpc) is 2.23. The Morgan fingerprint density at radius 1 is 0.900 bits per heavy atom. The zero-order valence-electron chi connectivity index (χ0n) is 14.6. The fourth-order valence-electron chi connectivity index (χ4n) is 2.54. The highest BCUT2D eigenvalue weighted by atomic mass is 28.4. The second kappa shape index (κ2) is 9.32. The van der Waals surface area contributed by atoms with Crippen molar-refractivity contribution in [2.45, 2.75) is 51.8 Å². The van der Waals surface area contributed by atoms with Crippen LogP contribution in [0.1, 0.15) is 6.92 Å². The van der Waals surface area contributed by atoms with Gasteiger partial charge < -0.3 is 18.3 Å². The molecule has 0 heterocycles. The molecule has 0 aromatic rings. The van der Waals surface area contributed by atoms with E-state index < -0.39 is 16.6 Å². The first-order valence-corrected chi connectivity index (χ1v) is 13.9.